The number of carboxylic acids is 1. The number of aromatic carboxylic acids is 1. The van der Waals surface area contributed by atoms with E-state index in [0.717, 1.165) is 16.8 Å². The summed E-state index contributed by atoms with van der Waals surface area (Å²) in [6.07, 6.45) is 3.48. The topological polar surface area (TPSA) is 104 Å². The average Bonchev–Trinajstić information content (AvgIpc) is 3.21. The van der Waals surface area contributed by atoms with Gasteiger partial charge in [-0.3, -0.25) is 9.56 Å². The Morgan fingerprint density at radius 2 is 2.03 bits per heavy atom. The molecule has 0 aliphatic carbocycles. The van der Waals surface area contributed by atoms with Crippen molar-refractivity contribution in [3.63, 3.8) is 0 Å². The zero-order valence-corrected chi connectivity index (χ0v) is 16.6. The lowest BCUT2D eigenvalue weighted by Gasteiger charge is -2.07. The minimum Gasteiger partial charge on any atom is -0.507 e. The predicted octanol–water partition coefficient (Wildman–Crippen LogP) is 4.64. The molecular formula is C20H14N2O5S2. The minimum atomic E-state index is -1.24. The molecule has 9 heteroatoms. The number of aliphatic imine (C=N–C) groups is 1. The molecule has 3 N–H and O–H groups in total. The van der Waals surface area contributed by atoms with E-state index in [0.29, 0.717) is 20.3 Å². The molecule has 0 spiro atoms. The second-order valence-corrected chi connectivity index (χ2v) is 7.81. The number of aromatic hydroxyl groups is 2. The number of rotatable bonds is 4. The van der Waals surface area contributed by atoms with Crippen molar-refractivity contribution in [2.24, 2.45) is 4.99 Å². The smallest absolute Gasteiger partial charge is 0.339 e. The van der Waals surface area contributed by atoms with Crippen LogP contribution in [0.15, 0.2) is 41.4 Å². The van der Waals surface area contributed by atoms with Crippen molar-refractivity contribution in [3.8, 4) is 23.1 Å². The van der Waals surface area contributed by atoms with Crippen molar-refractivity contribution in [3.05, 3.63) is 56.4 Å². The van der Waals surface area contributed by atoms with E-state index in [1.807, 2.05) is 18.2 Å². The Hall–Kier alpha value is -3.43. The second kappa shape index (κ2) is 7.19. The van der Waals surface area contributed by atoms with Crippen molar-refractivity contribution in [1.82, 2.24) is 4.57 Å². The molecule has 1 aliphatic rings. The summed E-state index contributed by atoms with van der Waals surface area (Å²) in [5, 5.41) is 29.7. The number of ether oxygens (including phenoxy) is 1. The van der Waals surface area contributed by atoms with Gasteiger partial charge in [0.25, 0.3) is 0 Å². The molecule has 0 saturated heterocycles. The van der Waals surface area contributed by atoms with Crippen molar-refractivity contribution in [2.75, 3.05) is 7.11 Å². The third kappa shape index (κ3) is 3.30. The highest BCUT2D eigenvalue weighted by atomic mass is 32.1. The first-order chi connectivity index (χ1) is 13.9. The number of allylic oxidation sites excluding steroid dienone is 1. The van der Waals surface area contributed by atoms with Gasteiger partial charge in [-0.15, -0.1) is 11.3 Å². The molecule has 0 radical (unpaired) electrons. The van der Waals surface area contributed by atoms with E-state index in [1.165, 1.54) is 34.1 Å². The molecule has 0 amide bonds. The van der Waals surface area contributed by atoms with Gasteiger partial charge in [-0.2, -0.15) is 0 Å². The number of fused-ring (bicyclic) bond motifs is 1. The molecule has 0 saturated carbocycles. The molecule has 146 valence electrons. The Morgan fingerprint density at radius 3 is 2.72 bits per heavy atom. The number of carboxylic acid groups (broad SMARTS) is 1. The van der Waals surface area contributed by atoms with E-state index in [-0.39, 0.29) is 11.4 Å². The van der Waals surface area contributed by atoms with Gasteiger partial charge in [-0.1, -0.05) is 0 Å². The Labute approximate surface area is 174 Å². The van der Waals surface area contributed by atoms with Crippen LogP contribution in [0.4, 0.5) is 5.69 Å². The number of hydrogen-bond acceptors (Lipinski definition) is 7. The van der Waals surface area contributed by atoms with Crippen LogP contribution < -0.4 is 4.74 Å². The maximum Gasteiger partial charge on any atom is 0.339 e. The summed E-state index contributed by atoms with van der Waals surface area (Å²) in [7, 11) is 1.59. The van der Waals surface area contributed by atoms with Crippen LogP contribution in [0.1, 0.15) is 20.8 Å². The largest absolute Gasteiger partial charge is 0.507 e. The molecule has 4 rings (SSSR count). The number of nitrogens with zero attached hydrogens (tertiary/aromatic N) is 2. The summed E-state index contributed by atoms with van der Waals surface area (Å²) in [5.74, 6) is -1.05. The third-order valence-electron chi connectivity index (χ3n) is 4.43. The van der Waals surface area contributed by atoms with Gasteiger partial charge in [0.2, 0.25) is 5.88 Å². The first-order valence-electron chi connectivity index (χ1n) is 8.34. The van der Waals surface area contributed by atoms with Crippen molar-refractivity contribution in [2.45, 2.75) is 0 Å². The lowest BCUT2D eigenvalue weighted by atomic mass is 10.1. The number of phenols is 1. The molecule has 0 fully saturated rings. The van der Waals surface area contributed by atoms with E-state index in [4.69, 9.17) is 22.1 Å². The molecule has 29 heavy (non-hydrogen) atoms. The summed E-state index contributed by atoms with van der Waals surface area (Å²) < 4.78 is 6.93. The number of aromatic nitrogens is 1. The Balaban J connectivity index is 1.76. The first kappa shape index (κ1) is 18.9. The number of carbonyl (C=O) groups is 1. The van der Waals surface area contributed by atoms with Gasteiger partial charge < -0.3 is 20.1 Å². The molecule has 0 unspecified atom stereocenters. The van der Waals surface area contributed by atoms with Crippen LogP contribution in [0.3, 0.4) is 0 Å². The van der Waals surface area contributed by atoms with Crippen LogP contribution in [0, 0.1) is 3.95 Å². The molecule has 0 atom stereocenters. The van der Waals surface area contributed by atoms with Gasteiger partial charge in [-0.05, 0) is 42.6 Å². The normalized spacial score (nSPS) is 13.6. The summed E-state index contributed by atoms with van der Waals surface area (Å²) in [4.78, 5) is 16.0. The summed E-state index contributed by atoms with van der Waals surface area (Å²) >= 11 is 6.55. The van der Waals surface area contributed by atoms with E-state index in [9.17, 15) is 15.0 Å². The molecule has 0 bridgehead atoms. The van der Waals surface area contributed by atoms with E-state index >= 15 is 0 Å². The fourth-order valence-electron chi connectivity index (χ4n) is 3.00. The highest BCUT2D eigenvalue weighted by molar-refractivity contribution is 7.73. The van der Waals surface area contributed by atoms with Crippen LogP contribution in [-0.4, -0.2) is 39.2 Å². The summed E-state index contributed by atoms with van der Waals surface area (Å²) in [5.41, 5.74) is 2.62. The average molecular weight is 426 g/mol. The molecule has 1 aliphatic heterocycles. The molecule has 3 aromatic rings. The fraction of sp³-hybridized carbons (Fsp3) is 0.0500. The Morgan fingerprint density at radius 1 is 1.24 bits per heavy atom. The van der Waals surface area contributed by atoms with Crippen LogP contribution in [-0.2, 0) is 0 Å². The highest BCUT2D eigenvalue weighted by Gasteiger charge is 2.18. The summed E-state index contributed by atoms with van der Waals surface area (Å²) in [6, 6.07) is 9.54. The molecule has 2 heterocycles. The van der Waals surface area contributed by atoms with E-state index < -0.39 is 11.7 Å². The summed E-state index contributed by atoms with van der Waals surface area (Å²) in [6.45, 7) is 0. The van der Waals surface area contributed by atoms with E-state index in [1.54, 1.807) is 19.4 Å². The maximum atomic E-state index is 11.1. The molecular weight excluding hydrogens is 412 g/mol. The van der Waals surface area contributed by atoms with Crippen LogP contribution in [0.2, 0.25) is 0 Å². The standard InChI is InChI=1S/C20H14N2O5S2/c1-27-12-3-5-13-10(9-21-15(13)8-12)6-17-18(24)22(20(28)29-17)11-2-4-14(19(25)26)16(23)7-11/h2-9,23-24H,1H3,(H,25,26). The predicted molar refractivity (Wildman–Crippen MR) is 114 cm³/mol. The highest BCUT2D eigenvalue weighted by Crippen LogP contribution is 2.38. The SMILES string of the molecule is COc1ccc2c(c1)N=CC2=Cc1sc(=S)n(-c2ccc(C(=O)O)c(O)c2)c1O. The van der Waals surface area contributed by atoms with Crippen LogP contribution >= 0.6 is 23.6 Å². The van der Waals surface area contributed by atoms with E-state index in [2.05, 4.69) is 4.99 Å². The van der Waals surface area contributed by atoms with Gasteiger partial charge in [0.1, 0.15) is 17.1 Å². The zero-order valence-electron chi connectivity index (χ0n) is 15.0. The van der Waals surface area contributed by atoms with Crippen molar-refractivity contribution >= 4 is 53.1 Å². The van der Waals surface area contributed by atoms with Crippen LogP contribution in [0.25, 0.3) is 17.3 Å². The zero-order chi connectivity index (χ0) is 20.7. The maximum absolute atomic E-state index is 11.1. The monoisotopic (exact) mass is 426 g/mol. The quantitative estimate of drug-likeness (QED) is 0.525. The number of benzene rings is 2. The van der Waals surface area contributed by atoms with Gasteiger partial charge in [0, 0.05) is 29.5 Å². The lowest BCUT2D eigenvalue weighted by molar-refractivity contribution is 0.0693. The van der Waals surface area contributed by atoms with Gasteiger partial charge >= 0.3 is 5.97 Å². The number of hydrogen-bond donors (Lipinski definition) is 3. The minimum absolute atomic E-state index is 0.106. The number of methoxy groups -OCH3 is 1. The van der Waals surface area contributed by atoms with Crippen molar-refractivity contribution in [1.29, 1.82) is 0 Å². The van der Waals surface area contributed by atoms with Crippen molar-refractivity contribution < 1.29 is 24.9 Å². The Kier molecular flexibility index (Phi) is 4.69. The van der Waals surface area contributed by atoms with Gasteiger partial charge in [0.15, 0.2) is 3.95 Å². The lowest BCUT2D eigenvalue weighted by Crippen LogP contribution is -1.99. The van der Waals surface area contributed by atoms with Gasteiger partial charge in [0.05, 0.1) is 23.4 Å². The second-order valence-electron chi connectivity index (χ2n) is 6.14. The first-order valence-corrected chi connectivity index (χ1v) is 9.57. The Bertz CT molecular complexity index is 1270. The molecule has 7 nitrogen and oxygen atoms in total. The van der Waals surface area contributed by atoms with Gasteiger partial charge in [-0.25, -0.2) is 4.79 Å². The van der Waals surface area contributed by atoms with Crippen LogP contribution in [0.5, 0.6) is 17.4 Å². The molecule has 1 aromatic heterocycles. The third-order valence-corrected chi connectivity index (χ3v) is 5.74. The fourth-order valence-corrected chi connectivity index (χ4v) is 4.30. The molecule has 2 aromatic carbocycles. The number of thiazole rings is 1.